The third-order valence-corrected chi connectivity index (χ3v) is 3.31. The summed E-state index contributed by atoms with van der Waals surface area (Å²) in [6.07, 6.45) is 0. The number of nitrogens with zero attached hydrogens (tertiary/aromatic N) is 1. The second-order valence-corrected chi connectivity index (χ2v) is 4.66. The quantitative estimate of drug-likeness (QED) is 0.859. The Balaban J connectivity index is 2.11. The Morgan fingerprint density at radius 1 is 1.06 bits per heavy atom. The lowest BCUT2D eigenvalue weighted by atomic mass is 10.2. The zero-order valence-electron chi connectivity index (χ0n) is 9.17. The fourth-order valence-corrected chi connectivity index (χ4v) is 2.40. The molecule has 0 atom stereocenters. The first kappa shape index (κ1) is 11.2. The van der Waals surface area contributed by atoms with Gasteiger partial charge < -0.3 is 10.6 Å². The van der Waals surface area contributed by atoms with Crippen molar-refractivity contribution in [3.8, 4) is 0 Å². The monoisotopic (exact) mass is 232 g/mol. The SMILES string of the molecule is NCCN(Cc1cccs1)c1ccccc1. The molecule has 16 heavy (non-hydrogen) atoms. The van der Waals surface area contributed by atoms with E-state index in [1.165, 1.54) is 10.6 Å². The zero-order valence-corrected chi connectivity index (χ0v) is 9.99. The smallest absolute Gasteiger partial charge is 0.0523 e. The average Bonchev–Trinajstić information content (AvgIpc) is 2.83. The van der Waals surface area contributed by atoms with Crippen molar-refractivity contribution < 1.29 is 0 Å². The Kier molecular flexibility index (Phi) is 3.97. The summed E-state index contributed by atoms with van der Waals surface area (Å²) in [7, 11) is 0. The van der Waals surface area contributed by atoms with Gasteiger partial charge in [0.1, 0.15) is 0 Å². The van der Waals surface area contributed by atoms with Crippen LogP contribution in [0.3, 0.4) is 0 Å². The highest BCUT2D eigenvalue weighted by molar-refractivity contribution is 7.09. The Bertz CT molecular complexity index is 397. The molecule has 1 heterocycles. The fraction of sp³-hybridized carbons (Fsp3) is 0.231. The van der Waals surface area contributed by atoms with Gasteiger partial charge in [0.2, 0.25) is 0 Å². The van der Waals surface area contributed by atoms with Crippen molar-refractivity contribution >= 4 is 17.0 Å². The van der Waals surface area contributed by atoms with E-state index in [-0.39, 0.29) is 0 Å². The minimum Gasteiger partial charge on any atom is -0.365 e. The standard InChI is InChI=1S/C13H16N2S/c14-8-9-15(11-13-7-4-10-16-13)12-5-2-1-3-6-12/h1-7,10H,8-9,11,14H2. The molecule has 2 rings (SSSR count). The van der Waals surface area contributed by atoms with Crippen molar-refractivity contribution in [2.75, 3.05) is 18.0 Å². The summed E-state index contributed by atoms with van der Waals surface area (Å²) >= 11 is 1.79. The van der Waals surface area contributed by atoms with E-state index in [9.17, 15) is 0 Å². The van der Waals surface area contributed by atoms with Gasteiger partial charge in [-0.05, 0) is 23.6 Å². The minimum absolute atomic E-state index is 0.681. The normalized spacial score (nSPS) is 10.3. The molecule has 0 saturated heterocycles. The molecule has 84 valence electrons. The van der Waals surface area contributed by atoms with Gasteiger partial charge in [0.15, 0.2) is 0 Å². The number of para-hydroxylation sites is 1. The summed E-state index contributed by atoms with van der Waals surface area (Å²) in [5.41, 5.74) is 6.89. The molecule has 0 bridgehead atoms. The molecule has 2 N–H and O–H groups in total. The molecule has 2 nitrogen and oxygen atoms in total. The molecule has 0 saturated carbocycles. The predicted molar refractivity (Wildman–Crippen MR) is 70.9 cm³/mol. The van der Waals surface area contributed by atoms with Gasteiger partial charge in [-0.3, -0.25) is 0 Å². The summed E-state index contributed by atoms with van der Waals surface area (Å²) in [5, 5.41) is 2.11. The van der Waals surface area contributed by atoms with E-state index in [1.807, 2.05) is 6.07 Å². The van der Waals surface area contributed by atoms with Crippen molar-refractivity contribution in [2.24, 2.45) is 5.73 Å². The predicted octanol–water partition coefficient (Wildman–Crippen LogP) is 2.71. The van der Waals surface area contributed by atoms with Crippen LogP contribution < -0.4 is 10.6 Å². The molecule has 0 aliphatic carbocycles. The third kappa shape index (κ3) is 2.84. The first-order chi connectivity index (χ1) is 7.90. The highest BCUT2D eigenvalue weighted by Gasteiger charge is 2.06. The molecule has 1 aromatic carbocycles. The van der Waals surface area contributed by atoms with Gasteiger partial charge in [-0.1, -0.05) is 24.3 Å². The fourth-order valence-electron chi connectivity index (χ4n) is 1.68. The van der Waals surface area contributed by atoms with Crippen molar-refractivity contribution in [3.63, 3.8) is 0 Å². The van der Waals surface area contributed by atoms with Gasteiger partial charge in [0, 0.05) is 23.7 Å². The second-order valence-electron chi connectivity index (χ2n) is 3.63. The first-order valence-electron chi connectivity index (χ1n) is 5.42. The molecule has 0 aliphatic rings. The zero-order chi connectivity index (χ0) is 11.2. The van der Waals surface area contributed by atoms with Crippen LogP contribution in [0.25, 0.3) is 0 Å². The van der Waals surface area contributed by atoms with E-state index in [0.717, 1.165) is 13.1 Å². The maximum atomic E-state index is 5.66. The Morgan fingerprint density at radius 2 is 1.88 bits per heavy atom. The van der Waals surface area contributed by atoms with Crippen LogP contribution in [-0.4, -0.2) is 13.1 Å². The summed E-state index contributed by atoms with van der Waals surface area (Å²) in [5.74, 6) is 0. The number of rotatable bonds is 5. The summed E-state index contributed by atoms with van der Waals surface area (Å²) in [4.78, 5) is 3.68. The molecule has 3 heteroatoms. The Hall–Kier alpha value is -1.32. The van der Waals surface area contributed by atoms with Crippen LogP contribution in [0.15, 0.2) is 47.8 Å². The number of hydrogen-bond acceptors (Lipinski definition) is 3. The van der Waals surface area contributed by atoms with E-state index in [0.29, 0.717) is 6.54 Å². The van der Waals surface area contributed by atoms with E-state index in [4.69, 9.17) is 5.73 Å². The number of anilines is 1. The first-order valence-corrected chi connectivity index (χ1v) is 6.30. The van der Waals surface area contributed by atoms with E-state index in [2.05, 4.69) is 46.7 Å². The van der Waals surface area contributed by atoms with Crippen LogP contribution in [-0.2, 0) is 6.54 Å². The van der Waals surface area contributed by atoms with E-state index >= 15 is 0 Å². The topological polar surface area (TPSA) is 29.3 Å². The summed E-state index contributed by atoms with van der Waals surface area (Å²) in [6.45, 7) is 2.51. The number of thiophene rings is 1. The van der Waals surface area contributed by atoms with Crippen LogP contribution in [0.5, 0.6) is 0 Å². The van der Waals surface area contributed by atoms with Gasteiger partial charge >= 0.3 is 0 Å². The molecule has 1 aromatic heterocycles. The molecule has 0 aliphatic heterocycles. The van der Waals surface area contributed by atoms with E-state index < -0.39 is 0 Å². The van der Waals surface area contributed by atoms with Crippen LogP contribution >= 0.6 is 11.3 Å². The lowest BCUT2D eigenvalue weighted by molar-refractivity contribution is 0.798. The second kappa shape index (κ2) is 5.68. The van der Waals surface area contributed by atoms with Gasteiger partial charge in [-0.15, -0.1) is 11.3 Å². The molecule has 0 fully saturated rings. The van der Waals surface area contributed by atoms with Crippen molar-refractivity contribution in [3.05, 3.63) is 52.7 Å². The van der Waals surface area contributed by atoms with Gasteiger partial charge in [0.05, 0.1) is 6.54 Å². The van der Waals surface area contributed by atoms with Crippen molar-refractivity contribution in [1.82, 2.24) is 0 Å². The number of benzene rings is 1. The van der Waals surface area contributed by atoms with Gasteiger partial charge in [-0.2, -0.15) is 0 Å². The average molecular weight is 232 g/mol. The van der Waals surface area contributed by atoms with Crippen LogP contribution in [0.2, 0.25) is 0 Å². The lowest BCUT2D eigenvalue weighted by Crippen LogP contribution is -2.28. The molecule has 2 aromatic rings. The minimum atomic E-state index is 0.681. The van der Waals surface area contributed by atoms with Crippen molar-refractivity contribution in [1.29, 1.82) is 0 Å². The molecular formula is C13H16N2S. The van der Waals surface area contributed by atoms with Crippen LogP contribution in [0.1, 0.15) is 4.88 Å². The number of hydrogen-bond donors (Lipinski definition) is 1. The van der Waals surface area contributed by atoms with Crippen LogP contribution in [0, 0.1) is 0 Å². The Labute approximate surface area is 100 Å². The highest BCUT2D eigenvalue weighted by atomic mass is 32.1. The molecule has 0 amide bonds. The summed E-state index contributed by atoms with van der Waals surface area (Å²) < 4.78 is 0. The van der Waals surface area contributed by atoms with Crippen LogP contribution in [0.4, 0.5) is 5.69 Å². The molecular weight excluding hydrogens is 216 g/mol. The van der Waals surface area contributed by atoms with Gasteiger partial charge in [0.25, 0.3) is 0 Å². The largest absolute Gasteiger partial charge is 0.365 e. The highest BCUT2D eigenvalue weighted by Crippen LogP contribution is 2.18. The maximum Gasteiger partial charge on any atom is 0.0523 e. The van der Waals surface area contributed by atoms with Gasteiger partial charge in [-0.25, -0.2) is 0 Å². The molecule has 0 radical (unpaired) electrons. The lowest BCUT2D eigenvalue weighted by Gasteiger charge is -2.23. The molecule has 0 spiro atoms. The van der Waals surface area contributed by atoms with Crippen molar-refractivity contribution in [2.45, 2.75) is 6.54 Å². The number of nitrogens with two attached hydrogens (primary N) is 1. The Morgan fingerprint density at radius 3 is 2.50 bits per heavy atom. The third-order valence-electron chi connectivity index (χ3n) is 2.45. The maximum absolute atomic E-state index is 5.66. The summed E-state index contributed by atoms with van der Waals surface area (Å²) in [6, 6.07) is 14.7. The molecule has 0 unspecified atom stereocenters. The van der Waals surface area contributed by atoms with E-state index in [1.54, 1.807) is 11.3 Å².